The van der Waals surface area contributed by atoms with Crippen molar-refractivity contribution < 1.29 is 14.8 Å². The second-order valence-electron chi connectivity index (χ2n) is 5.03. The Kier molecular flexibility index (Phi) is 5.49. The van der Waals surface area contributed by atoms with E-state index in [1.54, 1.807) is 19.1 Å². The van der Waals surface area contributed by atoms with Crippen LogP contribution in [-0.2, 0) is 4.79 Å². The van der Waals surface area contributed by atoms with Crippen molar-refractivity contribution in [1.29, 1.82) is 0 Å². The smallest absolute Gasteiger partial charge is 0.303 e. The van der Waals surface area contributed by atoms with E-state index in [1.165, 1.54) is 0 Å². The normalized spacial score (nSPS) is 10.6. The fourth-order valence-corrected chi connectivity index (χ4v) is 2.08. The summed E-state index contributed by atoms with van der Waals surface area (Å²) in [6.45, 7) is 6.16. The van der Waals surface area contributed by atoms with Crippen LogP contribution in [0.15, 0.2) is 18.2 Å². The van der Waals surface area contributed by atoms with Crippen LogP contribution in [0.1, 0.15) is 32.3 Å². The molecular formula is C14H20N2O4. The Hall–Kier alpha value is -2.11. The van der Waals surface area contributed by atoms with E-state index in [2.05, 4.69) is 0 Å². The Balaban J connectivity index is 3.02. The van der Waals surface area contributed by atoms with E-state index in [0.717, 1.165) is 5.56 Å². The molecule has 0 heterocycles. The zero-order valence-corrected chi connectivity index (χ0v) is 12.0. The van der Waals surface area contributed by atoms with Gasteiger partial charge in [0.25, 0.3) is 5.69 Å². The van der Waals surface area contributed by atoms with Crippen LogP contribution in [0.5, 0.6) is 0 Å². The average Bonchev–Trinajstić information content (AvgIpc) is 2.34. The number of nitro benzene ring substituents is 1. The molecule has 0 aromatic heterocycles. The molecule has 0 aliphatic rings. The van der Waals surface area contributed by atoms with Crippen molar-refractivity contribution in [2.24, 2.45) is 0 Å². The number of carboxylic acids is 1. The SMILES string of the molecule is Cc1ccc(N(CCCC(=O)O)C(C)C)c([N+](=O)[O-])c1. The number of hydrogen-bond acceptors (Lipinski definition) is 4. The largest absolute Gasteiger partial charge is 0.481 e. The lowest BCUT2D eigenvalue weighted by Gasteiger charge is -2.28. The minimum Gasteiger partial charge on any atom is -0.481 e. The number of nitro groups is 1. The van der Waals surface area contributed by atoms with Gasteiger partial charge >= 0.3 is 5.97 Å². The van der Waals surface area contributed by atoms with E-state index >= 15 is 0 Å². The molecule has 0 bridgehead atoms. The number of carboxylic acid groups (broad SMARTS) is 1. The second-order valence-corrected chi connectivity index (χ2v) is 5.03. The third kappa shape index (κ3) is 4.22. The number of aliphatic carboxylic acids is 1. The molecule has 6 heteroatoms. The molecule has 20 heavy (non-hydrogen) atoms. The van der Waals surface area contributed by atoms with Crippen molar-refractivity contribution in [2.45, 2.75) is 39.7 Å². The number of aryl methyl sites for hydroxylation is 1. The van der Waals surface area contributed by atoms with Crippen molar-refractivity contribution in [3.63, 3.8) is 0 Å². The molecule has 1 aromatic carbocycles. The highest BCUT2D eigenvalue weighted by Gasteiger charge is 2.21. The maximum absolute atomic E-state index is 11.2. The highest BCUT2D eigenvalue weighted by atomic mass is 16.6. The molecule has 0 atom stereocenters. The van der Waals surface area contributed by atoms with Gasteiger partial charge in [-0.05, 0) is 38.8 Å². The Morgan fingerprint density at radius 2 is 2.10 bits per heavy atom. The molecule has 0 amide bonds. The highest BCUT2D eigenvalue weighted by molar-refractivity contribution is 5.67. The molecule has 0 radical (unpaired) electrons. The summed E-state index contributed by atoms with van der Waals surface area (Å²) in [7, 11) is 0. The molecule has 0 aliphatic heterocycles. The number of carbonyl (C=O) groups is 1. The maximum Gasteiger partial charge on any atom is 0.303 e. The summed E-state index contributed by atoms with van der Waals surface area (Å²) in [6.07, 6.45) is 0.515. The van der Waals surface area contributed by atoms with Gasteiger partial charge in [-0.25, -0.2) is 0 Å². The molecule has 1 N–H and O–H groups in total. The molecule has 1 rings (SSSR count). The summed E-state index contributed by atoms with van der Waals surface area (Å²) < 4.78 is 0. The van der Waals surface area contributed by atoms with Crippen molar-refractivity contribution in [1.82, 2.24) is 0 Å². The molecule has 110 valence electrons. The molecule has 0 saturated carbocycles. The van der Waals surface area contributed by atoms with E-state index in [1.807, 2.05) is 24.8 Å². The molecule has 1 aromatic rings. The monoisotopic (exact) mass is 280 g/mol. The van der Waals surface area contributed by atoms with Gasteiger partial charge in [-0.2, -0.15) is 0 Å². The van der Waals surface area contributed by atoms with Crippen LogP contribution in [0.3, 0.4) is 0 Å². The van der Waals surface area contributed by atoms with Gasteiger partial charge in [0.05, 0.1) is 4.92 Å². The standard InChI is InChI=1S/C14H20N2O4/c1-10(2)15(8-4-5-14(17)18)12-7-6-11(3)9-13(12)16(19)20/h6-7,9-10H,4-5,8H2,1-3H3,(H,17,18). The summed E-state index contributed by atoms with van der Waals surface area (Å²) in [5, 5.41) is 19.9. The van der Waals surface area contributed by atoms with E-state index in [9.17, 15) is 14.9 Å². The van der Waals surface area contributed by atoms with Crippen LogP contribution in [0.4, 0.5) is 11.4 Å². The Morgan fingerprint density at radius 1 is 1.45 bits per heavy atom. The molecule has 0 fully saturated rings. The van der Waals surface area contributed by atoms with Crippen LogP contribution >= 0.6 is 0 Å². The third-order valence-electron chi connectivity index (χ3n) is 3.05. The molecule has 0 unspecified atom stereocenters. The molecule has 0 spiro atoms. The highest BCUT2D eigenvalue weighted by Crippen LogP contribution is 2.30. The zero-order valence-electron chi connectivity index (χ0n) is 12.0. The number of benzene rings is 1. The first-order valence-corrected chi connectivity index (χ1v) is 6.56. The third-order valence-corrected chi connectivity index (χ3v) is 3.05. The number of nitrogens with zero attached hydrogens (tertiary/aromatic N) is 2. The first kappa shape index (κ1) is 15.9. The van der Waals surface area contributed by atoms with Crippen LogP contribution in [0, 0.1) is 17.0 Å². The van der Waals surface area contributed by atoms with Gasteiger partial charge in [0.1, 0.15) is 5.69 Å². The van der Waals surface area contributed by atoms with Gasteiger partial charge in [-0.15, -0.1) is 0 Å². The minimum atomic E-state index is -0.855. The van der Waals surface area contributed by atoms with Crippen molar-refractivity contribution in [2.75, 3.05) is 11.4 Å². The van der Waals surface area contributed by atoms with Crippen LogP contribution in [0.25, 0.3) is 0 Å². The summed E-state index contributed by atoms with van der Waals surface area (Å²) >= 11 is 0. The molecule has 0 saturated heterocycles. The van der Waals surface area contributed by atoms with Gasteiger partial charge in [0, 0.05) is 25.1 Å². The van der Waals surface area contributed by atoms with Crippen LogP contribution in [-0.4, -0.2) is 28.6 Å². The number of anilines is 1. The first-order chi connectivity index (χ1) is 9.32. The summed E-state index contributed by atoms with van der Waals surface area (Å²) in [5.41, 5.74) is 1.43. The van der Waals surface area contributed by atoms with Crippen molar-refractivity contribution >= 4 is 17.3 Å². The lowest BCUT2D eigenvalue weighted by Crippen LogP contribution is -2.32. The van der Waals surface area contributed by atoms with E-state index in [0.29, 0.717) is 18.7 Å². The fraction of sp³-hybridized carbons (Fsp3) is 0.500. The Bertz CT molecular complexity index is 500. The van der Waals surface area contributed by atoms with Gasteiger partial charge < -0.3 is 10.0 Å². The number of hydrogen-bond donors (Lipinski definition) is 1. The quantitative estimate of drug-likeness (QED) is 0.613. The summed E-state index contributed by atoms with van der Waals surface area (Å²) in [5.74, 6) is -0.855. The topological polar surface area (TPSA) is 83.7 Å². The van der Waals surface area contributed by atoms with Gasteiger partial charge in [-0.3, -0.25) is 14.9 Å². The van der Waals surface area contributed by atoms with Gasteiger partial charge in [0.15, 0.2) is 0 Å². The summed E-state index contributed by atoms with van der Waals surface area (Å²) in [4.78, 5) is 23.2. The van der Waals surface area contributed by atoms with Crippen LogP contribution in [0.2, 0.25) is 0 Å². The average molecular weight is 280 g/mol. The van der Waals surface area contributed by atoms with Gasteiger partial charge in [0.2, 0.25) is 0 Å². The minimum absolute atomic E-state index is 0.0584. The lowest BCUT2D eigenvalue weighted by molar-refractivity contribution is -0.384. The van der Waals surface area contributed by atoms with Crippen molar-refractivity contribution in [3.05, 3.63) is 33.9 Å². The number of rotatable bonds is 7. The molecular weight excluding hydrogens is 260 g/mol. The first-order valence-electron chi connectivity index (χ1n) is 6.56. The van der Waals surface area contributed by atoms with Gasteiger partial charge in [-0.1, -0.05) is 6.07 Å². The fourth-order valence-electron chi connectivity index (χ4n) is 2.08. The van der Waals surface area contributed by atoms with E-state index < -0.39 is 10.9 Å². The Morgan fingerprint density at radius 3 is 2.60 bits per heavy atom. The Labute approximate surface area is 118 Å². The second kappa shape index (κ2) is 6.88. The summed E-state index contributed by atoms with van der Waals surface area (Å²) in [6, 6.07) is 5.16. The van der Waals surface area contributed by atoms with Crippen molar-refractivity contribution in [3.8, 4) is 0 Å². The molecule has 0 aliphatic carbocycles. The lowest BCUT2D eigenvalue weighted by atomic mass is 10.1. The molecule has 6 nitrogen and oxygen atoms in total. The predicted octanol–water partition coefficient (Wildman–Crippen LogP) is 2.98. The van der Waals surface area contributed by atoms with E-state index in [-0.39, 0.29) is 18.2 Å². The predicted molar refractivity (Wildman–Crippen MR) is 77.2 cm³/mol. The van der Waals surface area contributed by atoms with Crippen LogP contribution < -0.4 is 4.90 Å². The maximum atomic E-state index is 11.2. The zero-order chi connectivity index (χ0) is 15.3. The van der Waals surface area contributed by atoms with E-state index in [4.69, 9.17) is 5.11 Å².